The zero-order chi connectivity index (χ0) is 12.5. The minimum absolute atomic E-state index is 0.254. The molecule has 0 aliphatic heterocycles. The largest absolute Gasteiger partial charge is 0.338 e. The highest BCUT2D eigenvalue weighted by molar-refractivity contribution is 5.87. The van der Waals surface area contributed by atoms with Gasteiger partial charge in [0.1, 0.15) is 0 Å². The second-order valence-electron chi connectivity index (χ2n) is 4.05. The summed E-state index contributed by atoms with van der Waals surface area (Å²) in [4.78, 5) is 8.47. The van der Waals surface area contributed by atoms with Crippen molar-refractivity contribution in [1.82, 2.24) is 15.1 Å². The van der Waals surface area contributed by atoms with Gasteiger partial charge in [-0.05, 0) is 24.4 Å². The first kappa shape index (κ1) is 10.9. The number of hydrogen-bond donors (Lipinski definition) is 1. The van der Waals surface area contributed by atoms with Gasteiger partial charge in [-0.15, -0.1) is 0 Å². The Kier molecular flexibility index (Phi) is 2.53. The van der Waals surface area contributed by atoms with Gasteiger partial charge in [0.2, 0.25) is 11.7 Å². The van der Waals surface area contributed by atoms with E-state index in [9.17, 15) is 0 Å². The molecule has 2 heterocycles. The molecule has 5 heteroatoms. The lowest BCUT2D eigenvalue weighted by atomic mass is 10.1. The third-order valence-electron chi connectivity index (χ3n) is 2.86. The topological polar surface area (TPSA) is 77.8 Å². The summed E-state index contributed by atoms with van der Waals surface area (Å²) in [5, 5.41) is 6.14. The van der Waals surface area contributed by atoms with E-state index in [0.29, 0.717) is 11.7 Å². The number of hydrogen-bond acceptors (Lipinski definition) is 5. The number of fused-ring (bicyclic) bond motifs is 1. The van der Waals surface area contributed by atoms with E-state index in [-0.39, 0.29) is 6.54 Å². The fourth-order valence-electron chi connectivity index (χ4n) is 1.92. The molecule has 0 fully saturated rings. The molecule has 1 aromatic carbocycles. The van der Waals surface area contributed by atoms with Gasteiger partial charge < -0.3 is 10.3 Å². The molecule has 3 aromatic rings. The highest BCUT2D eigenvalue weighted by Crippen LogP contribution is 2.23. The van der Waals surface area contributed by atoms with E-state index in [1.807, 2.05) is 31.2 Å². The van der Waals surface area contributed by atoms with Crippen LogP contribution in [0.4, 0.5) is 0 Å². The number of pyridine rings is 1. The van der Waals surface area contributed by atoms with E-state index in [2.05, 4.69) is 15.1 Å². The van der Waals surface area contributed by atoms with Gasteiger partial charge in [-0.2, -0.15) is 4.98 Å². The van der Waals surface area contributed by atoms with E-state index >= 15 is 0 Å². The van der Waals surface area contributed by atoms with Crippen LogP contribution >= 0.6 is 0 Å². The molecule has 0 spiro atoms. The fourth-order valence-corrected chi connectivity index (χ4v) is 1.92. The van der Waals surface area contributed by atoms with Crippen LogP contribution in [0.3, 0.4) is 0 Å². The number of aromatic nitrogens is 3. The predicted octanol–water partition coefficient (Wildman–Crippen LogP) is 2.05. The molecule has 0 amide bonds. The Morgan fingerprint density at radius 3 is 2.94 bits per heavy atom. The van der Waals surface area contributed by atoms with Crippen molar-refractivity contribution >= 4 is 10.8 Å². The summed E-state index contributed by atoms with van der Waals surface area (Å²) in [6, 6.07) is 7.97. The standard InChI is InChI=1S/C13H12N4O/c1-8-11-3-2-10(6-9(11)4-5-15-8)13-16-12(7-14)18-17-13/h2-6H,7,14H2,1H3. The molecule has 0 bridgehead atoms. The van der Waals surface area contributed by atoms with Crippen LogP contribution in [0, 0.1) is 6.92 Å². The van der Waals surface area contributed by atoms with Crippen molar-refractivity contribution in [3.8, 4) is 11.4 Å². The summed E-state index contributed by atoms with van der Waals surface area (Å²) in [5.74, 6) is 1.00. The Balaban J connectivity index is 2.13. The third kappa shape index (κ3) is 1.74. The Bertz CT molecular complexity index is 705. The van der Waals surface area contributed by atoms with E-state index in [4.69, 9.17) is 10.3 Å². The van der Waals surface area contributed by atoms with Crippen LogP contribution in [0.1, 0.15) is 11.6 Å². The van der Waals surface area contributed by atoms with Crippen molar-refractivity contribution in [2.45, 2.75) is 13.5 Å². The molecule has 2 N–H and O–H groups in total. The Labute approximate surface area is 104 Å². The number of benzene rings is 1. The van der Waals surface area contributed by atoms with E-state index in [1.165, 1.54) is 0 Å². The minimum atomic E-state index is 0.254. The van der Waals surface area contributed by atoms with Crippen molar-refractivity contribution in [3.63, 3.8) is 0 Å². The molecule has 5 nitrogen and oxygen atoms in total. The summed E-state index contributed by atoms with van der Waals surface area (Å²) in [5.41, 5.74) is 7.37. The van der Waals surface area contributed by atoms with Gasteiger partial charge in [0.05, 0.1) is 6.54 Å². The second kappa shape index (κ2) is 4.19. The van der Waals surface area contributed by atoms with E-state index in [0.717, 1.165) is 22.0 Å². The summed E-state index contributed by atoms with van der Waals surface area (Å²) in [6.45, 7) is 2.24. The Morgan fingerprint density at radius 2 is 2.17 bits per heavy atom. The van der Waals surface area contributed by atoms with Crippen molar-refractivity contribution in [3.05, 3.63) is 42.0 Å². The average Bonchev–Trinajstić information content (AvgIpc) is 2.87. The van der Waals surface area contributed by atoms with Crippen LogP contribution in [0.2, 0.25) is 0 Å². The molecular weight excluding hydrogens is 228 g/mol. The zero-order valence-corrected chi connectivity index (χ0v) is 9.92. The Hall–Kier alpha value is -2.27. The SMILES string of the molecule is Cc1nccc2cc(-c3noc(CN)n3)ccc12. The first-order valence-electron chi connectivity index (χ1n) is 5.66. The first-order valence-corrected chi connectivity index (χ1v) is 5.66. The minimum Gasteiger partial charge on any atom is -0.338 e. The zero-order valence-electron chi connectivity index (χ0n) is 9.92. The van der Waals surface area contributed by atoms with E-state index in [1.54, 1.807) is 6.20 Å². The molecule has 2 aromatic heterocycles. The number of rotatable bonds is 2. The molecule has 3 rings (SSSR count). The van der Waals surface area contributed by atoms with Gasteiger partial charge in [0, 0.05) is 22.8 Å². The lowest BCUT2D eigenvalue weighted by molar-refractivity contribution is 0.380. The van der Waals surface area contributed by atoms with Gasteiger partial charge in [-0.25, -0.2) is 0 Å². The summed E-state index contributed by atoms with van der Waals surface area (Å²) < 4.78 is 5.01. The molecule has 0 unspecified atom stereocenters. The van der Waals surface area contributed by atoms with Crippen LogP contribution in [0.25, 0.3) is 22.2 Å². The smallest absolute Gasteiger partial charge is 0.240 e. The second-order valence-corrected chi connectivity index (χ2v) is 4.05. The monoisotopic (exact) mass is 240 g/mol. The highest BCUT2D eigenvalue weighted by Gasteiger charge is 2.08. The van der Waals surface area contributed by atoms with Crippen LogP contribution in [0.5, 0.6) is 0 Å². The number of nitrogens with two attached hydrogens (primary N) is 1. The maximum Gasteiger partial charge on any atom is 0.240 e. The Morgan fingerprint density at radius 1 is 1.28 bits per heavy atom. The lowest BCUT2D eigenvalue weighted by Gasteiger charge is -2.02. The van der Waals surface area contributed by atoms with Crippen LogP contribution in [0.15, 0.2) is 35.0 Å². The number of aryl methyl sites for hydroxylation is 1. The molecular formula is C13H12N4O. The average molecular weight is 240 g/mol. The molecule has 0 saturated heterocycles. The highest BCUT2D eigenvalue weighted by atomic mass is 16.5. The van der Waals surface area contributed by atoms with Crippen LogP contribution in [-0.2, 0) is 6.54 Å². The summed E-state index contributed by atoms with van der Waals surface area (Å²) in [7, 11) is 0. The maximum atomic E-state index is 5.45. The lowest BCUT2D eigenvalue weighted by Crippen LogP contribution is -1.95. The van der Waals surface area contributed by atoms with Crippen molar-refractivity contribution in [2.75, 3.05) is 0 Å². The van der Waals surface area contributed by atoms with Gasteiger partial charge in [0.15, 0.2) is 0 Å². The quantitative estimate of drug-likeness (QED) is 0.741. The molecule has 90 valence electrons. The third-order valence-corrected chi connectivity index (χ3v) is 2.86. The van der Waals surface area contributed by atoms with Crippen LogP contribution in [-0.4, -0.2) is 15.1 Å². The molecule has 0 aliphatic carbocycles. The van der Waals surface area contributed by atoms with Gasteiger partial charge >= 0.3 is 0 Å². The molecule has 0 atom stereocenters. The number of nitrogens with zero attached hydrogens (tertiary/aromatic N) is 3. The van der Waals surface area contributed by atoms with Crippen LogP contribution < -0.4 is 5.73 Å². The van der Waals surface area contributed by atoms with Gasteiger partial charge in [0.25, 0.3) is 0 Å². The first-order chi connectivity index (χ1) is 8.78. The molecule has 18 heavy (non-hydrogen) atoms. The molecule has 0 radical (unpaired) electrons. The summed E-state index contributed by atoms with van der Waals surface area (Å²) in [6.07, 6.45) is 1.79. The van der Waals surface area contributed by atoms with Crippen molar-refractivity contribution < 1.29 is 4.52 Å². The van der Waals surface area contributed by atoms with E-state index < -0.39 is 0 Å². The molecule has 0 saturated carbocycles. The predicted molar refractivity (Wildman–Crippen MR) is 67.7 cm³/mol. The maximum absolute atomic E-state index is 5.45. The molecule has 0 aliphatic rings. The normalized spacial score (nSPS) is 11.0. The van der Waals surface area contributed by atoms with Gasteiger partial charge in [-0.1, -0.05) is 17.3 Å². The fraction of sp³-hybridized carbons (Fsp3) is 0.154. The van der Waals surface area contributed by atoms with Crippen molar-refractivity contribution in [1.29, 1.82) is 0 Å². The van der Waals surface area contributed by atoms with Crippen molar-refractivity contribution in [2.24, 2.45) is 5.73 Å². The summed E-state index contributed by atoms with van der Waals surface area (Å²) >= 11 is 0. The van der Waals surface area contributed by atoms with Gasteiger partial charge in [-0.3, -0.25) is 4.98 Å².